The van der Waals surface area contributed by atoms with Crippen LogP contribution in [-0.4, -0.2) is 19.2 Å². The molecule has 4 heteroatoms. The number of pyridine rings is 1. The number of nitrogens with zero attached hydrogens (tertiary/aromatic N) is 1. The average molecular weight is 335 g/mol. The van der Waals surface area contributed by atoms with E-state index in [0.29, 0.717) is 6.61 Å². The maximum absolute atomic E-state index is 6.05. The highest BCUT2D eigenvalue weighted by atomic mass is 16.5. The van der Waals surface area contributed by atoms with Gasteiger partial charge in [0.1, 0.15) is 29.5 Å². The molecular formula is C21H21NO3. The molecule has 2 aromatic carbocycles. The zero-order valence-electron chi connectivity index (χ0n) is 14.7. The number of hydrogen-bond donors (Lipinski definition) is 0. The standard InChI is InChI=1S/C21H21NO3/c1-15-8-13-20(25-14-16-9-11-17(23-2)12-10-16)21(22-15)18-6-4-5-7-19(18)24-3/h4-13H,14H2,1-3H3. The second-order valence-corrected chi connectivity index (χ2v) is 5.64. The molecule has 1 aromatic heterocycles. The quantitative estimate of drug-likeness (QED) is 0.657. The zero-order valence-corrected chi connectivity index (χ0v) is 14.7. The minimum atomic E-state index is 0.455. The largest absolute Gasteiger partial charge is 0.497 e. The van der Waals surface area contributed by atoms with E-state index in [0.717, 1.165) is 39.8 Å². The van der Waals surface area contributed by atoms with Gasteiger partial charge in [-0.25, -0.2) is 4.98 Å². The molecule has 4 nitrogen and oxygen atoms in total. The summed E-state index contributed by atoms with van der Waals surface area (Å²) in [5, 5.41) is 0. The van der Waals surface area contributed by atoms with Crippen molar-refractivity contribution in [3.05, 3.63) is 71.9 Å². The minimum Gasteiger partial charge on any atom is -0.497 e. The Morgan fingerprint density at radius 1 is 0.800 bits per heavy atom. The summed E-state index contributed by atoms with van der Waals surface area (Å²) in [6.45, 7) is 2.42. The summed E-state index contributed by atoms with van der Waals surface area (Å²) in [7, 11) is 3.31. The first kappa shape index (κ1) is 16.8. The van der Waals surface area contributed by atoms with Crippen molar-refractivity contribution in [1.29, 1.82) is 0 Å². The minimum absolute atomic E-state index is 0.455. The summed E-state index contributed by atoms with van der Waals surface area (Å²) < 4.78 is 16.7. The molecule has 0 aliphatic heterocycles. The maximum Gasteiger partial charge on any atom is 0.146 e. The SMILES string of the molecule is COc1ccc(COc2ccc(C)nc2-c2ccccc2OC)cc1. The van der Waals surface area contributed by atoms with E-state index in [-0.39, 0.29) is 0 Å². The van der Waals surface area contributed by atoms with E-state index in [1.54, 1.807) is 14.2 Å². The van der Waals surface area contributed by atoms with Gasteiger partial charge in [-0.15, -0.1) is 0 Å². The molecule has 0 atom stereocenters. The van der Waals surface area contributed by atoms with Crippen LogP contribution in [0.15, 0.2) is 60.7 Å². The van der Waals surface area contributed by atoms with Crippen LogP contribution in [0.4, 0.5) is 0 Å². The predicted molar refractivity (Wildman–Crippen MR) is 98.3 cm³/mol. The van der Waals surface area contributed by atoms with Crippen molar-refractivity contribution in [1.82, 2.24) is 4.98 Å². The molecular weight excluding hydrogens is 314 g/mol. The van der Waals surface area contributed by atoms with Gasteiger partial charge < -0.3 is 14.2 Å². The Morgan fingerprint density at radius 2 is 1.56 bits per heavy atom. The van der Waals surface area contributed by atoms with E-state index in [1.165, 1.54) is 0 Å². The lowest BCUT2D eigenvalue weighted by Crippen LogP contribution is -2.00. The van der Waals surface area contributed by atoms with Crippen LogP contribution >= 0.6 is 0 Å². The third-order valence-electron chi connectivity index (χ3n) is 3.91. The van der Waals surface area contributed by atoms with Gasteiger partial charge in [0.15, 0.2) is 0 Å². The van der Waals surface area contributed by atoms with Crippen molar-refractivity contribution in [2.45, 2.75) is 13.5 Å². The van der Waals surface area contributed by atoms with Gasteiger partial charge in [0.25, 0.3) is 0 Å². The molecule has 3 aromatic rings. The summed E-state index contributed by atoms with van der Waals surface area (Å²) in [5.74, 6) is 2.33. The van der Waals surface area contributed by atoms with Crippen LogP contribution in [0.25, 0.3) is 11.3 Å². The molecule has 0 saturated carbocycles. The normalized spacial score (nSPS) is 10.4. The molecule has 0 aliphatic rings. The van der Waals surface area contributed by atoms with Crippen LogP contribution in [0.3, 0.4) is 0 Å². The highest BCUT2D eigenvalue weighted by Gasteiger charge is 2.13. The summed E-state index contributed by atoms with van der Waals surface area (Å²) in [6.07, 6.45) is 0. The molecule has 0 bridgehead atoms. The molecule has 0 spiro atoms. The van der Waals surface area contributed by atoms with Gasteiger partial charge in [-0.2, -0.15) is 0 Å². The lowest BCUT2D eigenvalue weighted by Gasteiger charge is -2.14. The first-order chi connectivity index (χ1) is 12.2. The van der Waals surface area contributed by atoms with Gasteiger partial charge in [0.05, 0.1) is 14.2 Å². The van der Waals surface area contributed by atoms with Crippen molar-refractivity contribution < 1.29 is 14.2 Å². The molecule has 128 valence electrons. The Kier molecular flexibility index (Phi) is 5.19. The number of aromatic nitrogens is 1. The van der Waals surface area contributed by atoms with Crippen LogP contribution < -0.4 is 14.2 Å². The van der Waals surface area contributed by atoms with Gasteiger partial charge in [0.2, 0.25) is 0 Å². The van der Waals surface area contributed by atoms with E-state index >= 15 is 0 Å². The molecule has 1 heterocycles. The number of ether oxygens (including phenoxy) is 3. The third kappa shape index (κ3) is 3.91. The molecule has 0 N–H and O–H groups in total. The Morgan fingerprint density at radius 3 is 2.28 bits per heavy atom. The molecule has 0 unspecified atom stereocenters. The topological polar surface area (TPSA) is 40.6 Å². The van der Waals surface area contributed by atoms with Crippen molar-refractivity contribution >= 4 is 0 Å². The number of aryl methyl sites for hydroxylation is 1. The Bertz CT molecular complexity index is 844. The molecule has 0 aliphatic carbocycles. The fourth-order valence-electron chi connectivity index (χ4n) is 2.58. The number of para-hydroxylation sites is 1. The van der Waals surface area contributed by atoms with Crippen molar-refractivity contribution in [3.8, 4) is 28.5 Å². The van der Waals surface area contributed by atoms with Crippen molar-refractivity contribution in [2.24, 2.45) is 0 Å². The van der Waals surface area contributed by atoms with Gasteiger partial charge in [0, 0.05) is 11.3 Å². The molecule has 0 saturated heterocycles. The van der Waals surface area contributed by atoms with Crippen molar-refractivity contribution in [3.63, 3.8) is 0 Å². The van der Waals surface area contributed by atoms with E-state index in [4.69, 9.17) is 14.2 Å². The van der Waals surface area contributed by atoms with Gasteiger partial charge in [-0.3, -0.25) is 0 Å². The third-order valence-corrected chi connectivity index (χ3v) is 3.91. The van der Waals surface area contributed by atoms with Gasteiger partial charge in [-0.1, -0.05) is 24.3 Å². The first-order valence-corrected chi connectivity index (χ1v) is 8.08. The molecule has 0 radical (unpaired) electrons. The number of methoxy groups -OCH3 is 2. The number of rotatable bonds is 6. The first-order valence-electron chi connectivity index (χ1n) is 8.08. The summed E-state index contributed by atoms with van der Waals surface area (Å²) in [6, 6.07) is 19.5. The summed E-state index contributed by atoms with van der Waals surface area (Å²) in [5.41, 5.74) is 3.69. The second-order valence-electron chi connectivity index (χ2n) is 5.64. The average Bonchev–Trinajstić information content (AvgIpc) is 2.67. The van der Waals surface area contributed by atoms with Crippen LogP contribution in [0, 0.1) is 6.92 Å². The van der Waals surface area contributed by atoms with Crippen molar-refractivity contribution in [2.75, 3.05) is 14.2 Å². The Labute approximate surface area is 148 Å². The monoisotopic (exact) mass is 335 g/mol. The smallest absolute Gasteiger partial charge is 0.146 e. The number of hydrogen-bond acceptors (Lipinski definition) is 4. The molecule has 0 fully saturated rings. The highest BCUT2D eigenvalue weighted by Crippen LogP contribution is 2.35. The van der Waals surface area contributed by atoms with Gasteiger partial charge in [-0.05, 0) is 48.9 Å². The number of benzene rings is 2. The Hall–Kier alpha value is -3.01. The zero-order chi connectivity index (χ0) is 17.6. The second kappa shape index (κ2) is 7.71. The maximum atomic E-state index is 6.05. The van der Waals surface area contributed by atoms with E-state index in [1.807, 2.05) is 67.6 Å². The molecule has 25 heavy (non-hydrogen) atoms. The van der Waals surface area contributed by atoms with E-state index in [9.17, 15) is 0 Å². The van der Waals surface area contributed by atoms with Gasteiger partial charge >= 0.3 is 0 Å². The predicted octanol–water partition coefficient (Wildman–Crippen LogP) is 4.65. The van der Waals surface area contributed by atoms with Crippen LogP contribution in [0.2, 0.25) is 0 Å². The lowest BCUT2D eigenvalue weighted by atomic mass is 10.1. The Balaban J connectivity index is 1.88. The fraction of sp³-hybridized carbons (Fsp3) is 0.190. The highest BCUT2D eigenvalue weighted by molar-refractivity contribution is 5.72. The summed E-state index contributed by atoms with van der Waals surface area (Å²) in [4.78, 5) is 4.67. The summed E-state index contributed by atoms with van der Waals surface area (Å²) >= 11 is 0. The van der Waals surface area contributed by atoms with Crippen LogP contribution in [-0.2, 0) is 6.61 Å². The van der Waals surface area contributed by atoms with Crippen LogP contribution in [0.1, 0.15) is 11.3 Å². The fourth-order valence-corrected chi connectivity index (χ4v) is 2.58. The molecule has 3 rings (SSSR count). The lowest BCUT2D eigenvalue weighted by molar-refractivity contribution is 0.306. The van der Waals surface area contributed by atoms with Crippen LogP contribution in [0.5, 0.6) is 17.2 Å². The van der Waals surface area contributed by atoms with E-state index < -0.39 is 0 Å². The van der Waals surface area contributed by atoms with E-state index in [2.05, 4.69) is 4.98 Å². The molecule has 0 amide bonds.